The first kappa shape index (κ1) is 20.5. The maximum Gasteiger partial charge on any atom is 0.0847 e. The first-order valence-corrected chi connectivity index (χ1v) is 11.8. The number of nitrogens with zero attached hydrogens (tertiary/aromatic N) is 1. The number of para-hydroxylation sites is 2. The minimum Gasteiger partial charge on any atom is -0.386 e. The van der Waals surface area contributed by atoms with Crippen molar-refractivity contribution in [2.24, 2.45) is 0 Å². The molecule has 0 unspecified atom stereocenters. The van der Waals surface area contributed by atoms with Crippen LogP contribution in [0, 0.1) is 0 Å². The largest absolute Gasteiger partial charge is 0.386 e. The van der Waals surface area contributed by atoms with Crippen LogP contribution in [0.25, 0.3) is 38.6 Å². The maximum atomic E-state index is 10.8. The second-order valence-electron chi connectivity index (χ2n) is 10.2. The molecule has 33 heavy (non-hydrogen) atoms. The first-order chi connectivity index (χ1) is 15.7. The molecule has 2 nitrogen and oxygen atoms in total. The molecule has 0 amide bonds. The minimum absolute atomic E-state index is 0.0758. The summed E-state index contributed by atoms with van der Waals surface area (Å²) in [6, 6.07) is 27.8. The molecule has 0 radical (unpaired) electrons. The van der Waals surface area contributed by atoms with Crippen LogP contribution in [-0.2, 0) is 11.0 Å². The number of halogens is 1. The third kappa shape index (κ3) is 2.84. The number of rotatable bonds is 2. The number of benzene rings is 4. The van der Waals surface area contributed by atoms with E-state index in [1.165, 1.54) is 38.6 Å². The van der Waals surface area contributed by atoms with Gasteiger partial charge in [0.05, 0.1) is 22.3 Å². The van der Waals surface area contributed by atoms with Crippen LogP contribution in [0.3, 0.4) is 0 Å². The molecule has 0 bridgehead atoms. The molecule has 0 saturated heterocycles. The molecule has 1 N–H and O–H groups in total. The molecule has 1 aliphatic heterocycles. The summed E-state index contributed by atoms with van der Waals surface area (Å²) in [6.07, 6.45) is 0. The predicted molar refractivity (Wildman–Crippen MR) is 139 cm³/mol. The number of aliphatic hydroxyl groups is 1. The zero-order chi connectivity index (χ0) is 23.1. The van der Waals surface area contributed by atoms with Gasteiger partial charge in [-0.1, -0.05) is 74.0 Å². The molecule has 0 fully saturated rings. The standard InChI is InChI=1S/C30H26ClNO/c1-29(2)23-9-5-6-11-27(23)32-26-15-12-18(16-22(26)21-8-7-10-24(29)28(21)32)20-14-13-19(31)17-25(20)30(3,4)33/h5-17,33H,1-4H3. The van der Waals surface area contributed by atoms with Crippen molar-refractivity contribution in [1.82, 2.24) is 4.57 Å². The van der Waals surface area contributed by atoms with Crippen molar-refractivity contribution in [3.63, 3.8) is 0 Å². The van der Waals surface area contributed by atoms with Gasteiger partial charge in [0.2, 0.25) is 0 Å². The molecule has 164 valence electrons. The smallest absolute Gasteiger partial charge is 0.0847 e. The highest BCUT2D eigenvalue weighted by atomic mass is 35.5. The van der Waals surface area contributed by atoms with E-state index in [-0.39, 0.29) is 5.41 Å². The van der Waals surface area contributed by atoms with Crippen molar-refractivity contribution in [3.05, 3.63) is 101 Å². The summed E-state index contributed by atoms with van der Waals surface area (Å²) in [6.45, 7) is 8.24. The van der Waals surface area contributed by atoms with Gasteiger partial charge >= 0.3 is 0 Å². The predicted octanol–water partition coefficient (Wildman–Crippen LogP) is 7.97. The summed E-state index contributed by atoms with van der Waals surface area (Å²) in [4.78, 5) is 0. The maximum absolute atomic E-state index is 10.8. The van der Waals surface area contributed by atoms with E-state index in [4.69, 9.17) is 11.6 Å². The van der Waals surface area contributed by atoms with Crippen LogP contribution >= 0.6 is 11.6 Å². The van der Waals surface area contributed by atoms with Crippen molar-refractivity contribution in [1.29, 1.82) is 0 Å². The quantitative estimate of drug-likeness (QED) is 0.289. The van der Waals surface area contributed by atoms with Gasteiger partial charge in [0.25, 0.3) is 0 Å². The summed E-state index contributed by atoms with van der Waals surface area (Å²) < 4.78 is 2.42. The molecule has 4 aromatic carbocycles. The van der Waals surface area contributed by atoms with Crippen LogP contribution in [0.4, 0.5) is 0 Å². The van der Waals surface area contributed by atoms with E-state index < -0.39 is 5.60 Å². The number of fused-ring (bicyclic) bond motifs is 5. The van der Waals surface area contributed by atoms with E-state index in [0.29, 0.717) is 5.02 Å². The van der Waals surface area contributed by atoms with E-state index in [0.717, 1.165) is 16.7 Å². The molecule has 0 spiro atoms. The Balaban J connectivity index is 1.71. The fourth-order valence-corrected chi connectivity index (χ4v) is 5.78. The van der Waals surface area contributed by atoms with Crippen molar-refractivity contribution in [2.75, 3.05) is 0 Å². The van der Waals surface area contributed by atoms with Crippen LogP contribution < -0.4 is 0 Å². The topological polar surface area (TPSA) is 25.2 Å². The molecule has 1 aromatic heterocycles. The lowest BCUT2D eigenvalue weighted by Crippen LogP contribution is -2.26. The van der Waals surface area contributed by atoms with Gasteiger partial charge < -0.3 is 9.67 Å². The molecular formula is C30H26ClNO. The van der Waals surface area contributed by atoms with Crippen LogP contribution in [-0.4, -0.2) is 9.67 Å². The van der Waals surface area contributed by atoms with Crippen molar-refractivity contribution < 1.29 is 5.11 Å². The lowest BCUT2D eigenvalue weighted by atomic mass is 9.75. The Bertz CT molecular complexity index is 1580. The summed E-state index contributed by atoms with van der Waals surface area (Å²) >= 11 is 6.29. The zero-order valence-electron chi connectivity index (χ0n) is 19.3. The van der Waals surface area contributed by atoms with Gasteiger partial charge in [-0.05, 0) is 72.0 Å². The van der Waals surface area contributed by atoms with E-state index in [1.54, 1.807) is 13.8 Å². The Kier molecular flexibility index (Phi) is 4.18. The Hall–Kier alpha value is -3.07. The molecule has 0 aliphatic carbocycles. The van der Waals surface area contributed by atoms with E-state index in [2.05, 4.69) is 79.1 Å². The van der Waals surface area contributed by atoms with E-state index >= 15 is 0 Å². The second-order valence-corrected chi connectivity index (χ2v) is 10.6. The average molecular weight is 452 g/mol. The van der Waals surface area contributed by atoms with Crippen molar-refractivity contribution >= 4 is 33.4 Å². The highest BCUT2D eigenvalue weighted by Crippen LogP contribution is 2.48. The molecule has 0 atom stereocenters. The molecule has 3 heteroatoms. The van der Waals surface area contributed by atoms with E-state index in [9.17, 15) is 5.11 Å². The van der Waals surface area contributed by atoms with Crippen LogP contribution in [0.5, 0.6) is 0 Å². The van der Waals surface area contributed by atoms with Gasteiger partial charge in [0, 0.05) is 21.2 Å². The van der Waals surface area contributed by atoms with Gasteiger partial charge in [0.15, 0.2) is 0 Å². The van der Waals surface area contributed by atoms with Crippen LogP contribution in [0.1, 0.15) is 44.4 Å². The summed E-state index contributed by atoms with van der Waals surface area (Å²) in [5, 5.41) is 13.9. The number of aromatic nitrogens is 1. The average Bonchev–Trinajstić information content (AvgIpc) is 3.11. The SMILES string of the molecule is CC(C)(O)c1cc(Cl)ccc1-c1ccc2c(c1)c1cccc3c1n2-c1ccccc1C3(C)C. The van der Waals surface area contributed by atoms with E-state index in [1.807, 2.05) is 18.2 Å². The van der Waals surface area contributed by atoms with Crippen LogP contribution in [0.2, 0.25) is 5.02 Å². The monoisotopic (exact) mass is 451 g/mol. The Morgan fingerprint density at radius 1 is 0.818 bits per heavy atom. The molecule has 5 aromatic rings. The molecule has 0 saturated carbocycles. The third-order valence-electron chi connectivity index (χ3n) is 7.23. The highest BCUT2D eigenvalue weighted by molar-refractivity contribution is 6.30. The third-order valence-corrected chi connectivity index (χ3v) is 7.47. The van der Waals surface area contributed by atoms with Gasteiger partial charge in [-0.25, -0.2) is 0 Å². The molecule has 6 rings (SSSR count). The fourth-order valence-electron chi connectivity index (χ4n) is 5.61. The highest BCUT2D eigenvalue weighted by Gasteiger charge is 2.34. The fraction of sp³-hybridized carbons (Fsp3) is 0.200. The van der Waals surface area contributed by atoms with Gasteiger partial charge in [0.1, 0.15) is 0 Å². The van der Waals surface area contributed by atoms with Crippen molar-refractivity contribution in [2.45, 2.75) is 38.7 Å². The Morgan fingerprint density at radius 2 is 1.58 bits per heavy atom. The van der Waals surface area contributed by atoms with Gasteiger partial charge in [-0.15, -0.1) is 0 Å². The lowest BCUT2D eigenvalue weighted by Gasteiger charge is -2.34. The Labute approximate surface area is 199 Å². The van der Waals surface area contributed by atoms with Gasteiger partial charge in [-0.3, -0.25) is 0 Å². The first-order valence-electron chi connectivity index (χ1n) is 11.4. The molecule has 1 aliphatic rings. The minimum atomic E-state index is -0.998. The lowest BCUT2D eigenvalue weighted by molar-refractivity contribution is 0.0792. The number of hydrogen-bond acceptors (Lipinski definition) is 1. The molecular weight excluding hydrogens is 426 g/mol. The second kappa shape index (κ2) is 6.72. The van der Waals surface area contributed by atoms with Crippen LogP contribution in [0.15, 0.2) is 78.9 Å². The summed E-state index contributed by atoms with van der Waals surface area (Å²) in [5.41, 5.74) is 8.25. The number of hydrogen-bond donors (Lipinski definition) is 1. The summed E-state index contributed by atoms with van der Waals surface area (Å²) in [5.74, 6) is 0. The van der Waals surface area contributed by atoms with Crippen molar-refractivity contribution in [3.8, 4) is 16.8 Å². The molecule has 2 heterocycles. The normalized spacial score (nSPS) is 14.6. The summed E-state index contributed by atoms with van der Waals surface area (Å²) in [7, 11) is 0. The zero-order valence-corrected chi connectivity index (χ0v) is 20.0. The van der Waals surface area contributed by atoms with Gasteiger partial charge in [-0.2, -0.15) is 0 Å². The Morgan fingerprint density at radius 3 is 2.36 bits per heavy atom.